The number of nitrogens with zero attached hydrogens (tertiary/aromatic N) is 2. The lowest BCUT2D eigenvalue weighted by molar-refractivity contribution is 0.218. The molecule has 0 atom stereocenters. The topological polar surface area (TPSA) is 53.1 Å². The third kappa shape index (κ3) is 2.34. The first-order chi connectivity index (χ1) is 7.65. The highest BCUT2D eigenvalue weighted by Crippen LogP contribution is 2.12. The SMILES string of the molecule is Cc1ccc(OCn2nc(N)cc2C)cc1. The molecule has 2 aromatic rings. The average molecular weight is 217 g/mol. The van der Waals surface area contributed by atoms with Gasteiger partial charge in [-0.05, 0) is 26.0 Å². The van der Waals surface area contributed by atoms with Gasteiger partial charge in [0.15, 0.2) is 6.73 Å². The van der Waals surface area contributed by atoms with E-state index < -0.39 is 0 Å². The fourth-order valence-corrected chi connectivity index (χ4v) is 1.44. The molecular formula is C12H15N3O. The van der Waals surface area contributed by atoms with E-state index in [0.29, 0.717) is 12.5 Å². The van der Waals surface area contributed by atoms with E-state index >= 15 is 0 Å². The van der Waals surface area contributed by atoms with Gasteiger partial charge in [0.05, 0.1) is 0 Å². The van der Waals surface area contributed by atoms with Gasteiger partial charge < -0.3 is 10.5 Å². The van der Waals surface area contributed by atoms with Gasteiger partial charge in [-0.3, -0.25) is 0 Å². The van der Waals surface area contributed by atoms with Crippen LogP contribution >= 0.6 is 0 Å². The standard InChI is InChI=1S/C12H15N3O/c1-9-3-5-11(6-4-9)16-8-15-10(2)7-12(13)14-15/h3-7H,8H2,1-2H3,(H2,13,14). The molecule has 2 N–H and O–H groups in total. The monoisotopic (exact) mass is 217 g/mol. The maximum absolute atomic E-state index is 5.59. The number of ether oxygens (including phenoxy) is 1. The van der Waals surface area contributed by atoms with Crippen molar-refractivity contribution in [2.75, 3.05) is 5.73 Å². The average Bonchev–Trinajstić information content (AvgIpc) is 2.57. The molecule has 1 aromatic carbocycles. The lowest BCUT2D eigenvalue weighted by atomic mass is 10.2. The maximum atomic E-state index is 5.59. The van der Waals surface area contributed by atoms with Gasteiger partial charge in [0, 0.05) is 11.8 Å². The number of hydrogen-bond donors (Lipinski definition) is 1. The van der Waals surface area contributed by atoms with Gasteiger partial charge in [-0.2, -0.15) is 5.10 Å². The number of rotatable bonds is 3. The summed E-state index contributed by atoms with van der Waals surface area (Å²) in [5.74, 6) is 1.35. The Hall–Kier alpha value is -1.97. The highest BCUT2D eigenvalue weighted by atomic mass is 16.5. The highest BCUT2D eigenvalue weighted by molar-refractivity contribution is 5.29. The second-order valence-corrected chi connectivity index (χ2v) is 3.80. The van der Waals surface area contributed by atoms with Crippen LogP contribution in [-0.2, 0) is 6.73 Å². The van der Waals surface area contributed by atoms with Crippen molar-refractivity contribution >= 4 is 5.82 Å². The number of nitrogen functional groups attached to an aromatic ring is 1. The number of aromatic nitrogens is 2. The van der Waals surface area contributed by atoms with Gasteiger partial charge in [-0.15, -0.1) is 0 Å². The minimum atomic E-state index is 0.381. The Bertz CT molecular complexity index is 474. The smallest absolute Gasteiger partial charge is 0.181 e. The fourth-order valence-electron chi connectivity index (χ4n) is 1.44. The zero-order valence-corrected chi connectivity index (χ0v) is 9.47. The van der Waals surface area contributed by atoms with Crippen LogP contribution in [0.4, 0.5) is 5.82 Å². The van der Waals surface area contributed by atoms with Gasteiger partial charge in [0.2, 0.25) is 0 Å². The van der Waals surface area contributed by atoms with Crippen LogP contribution in [0.3, 0.4) is 0 Å². The van der Waals surface area contributed by atoms with E-state index in [1.54, 1.807) is 4.68 Å². The minimum absolute atomic E-state index is 0.381. The fraction of sp³-hybridized carbons (Fsp3) is 0.250. The van der Waals surface area contributed by atoms with Crippen LogP contribution in [-0.4, -0.2) is 9.78 Å². The van der Waals surface area contributed by atoms with Crippen LogP contribution in [0.2, 0.25) is 0 Å². The first-order valence-corrected chi connectivity index (χ1v) is 5.14. The van der Waals surface area contributed by atoms with E-state index in [1.165, 1.54) is 5.56 Å². The third-order valence-corrected chi connectivity index (χ3v) is 2.37. The first-order valence-electron chi connectivity index (χ1n) is 5.14. The summed E-state index contributed by atoms with van der Waals surface area (Å²) in [6.45, 7) is 4.37. The van der Waals surface area contributed by atoms with Crippen molar-refractivity contribution in [3.05, 3.63) is 41.6 Å². The van der Waals surface area contributed by atoms with E-state index in [1.807, 2.05) is 44.2 Å². The van der Waals surface area contributed by atoms with Gasteiger partial charge in [0.25, 0.3) is 0 Å². The second-order valence-electron chi connectivity index (χ2n) is 3.80. The van der Waals surface area contributed by atoms with Gasteiger partial charge in [-0.25, -0.2) is 4.68 Å². The molecule has 0 saturated carbocycles. The Morgan fingerprint density at radius 3 is 2.50 bits per heavy atom. The van der Waals surface area contributed by atoms with Crippen LogP contribution in [0.5, 0.6) is 5.75 Å². The molecule has 4 nitrogen and oxygen atoms in total. The molecule has 16 heavy (non-hydrogen) atoms. The quantitative estimate of drug-likeness (QED) is 0.856. The Kier molecular flexibility index (Phi) is 2.81. The molecule has 0 radical (unpaired) electrons. The molecule has 0 unspecified atom stereocenters. The lowest BCUT2D eigenvalue weighted by Crippen LogP contribution is -2.08. The molecule has 0 bridgehead atoms. The van der Waals surface area contributed by atoms with Crippen LogP contribution in [0.15, 0.2) is 30.3 Å². The second kappa shape index (κ2) is 4.26. The van der Waals surface area contributed by atoms with Crippen molar-refractivity contribution in [1.82, 2.24) is 9.78 Å². The first kappa shape index (κ1) is 10.5. The van der Waals surface area contributed by atoms with E-state index in [-0.39, 0.29) is 0 Å². The lowest BCUT2D eigenvalue weighted by Gasteiger charge is -2.07. The molecule has 0 fully saturated rings. The molecule has 0 aliphatic rings. The van der Waals surface area contributed by atoms with Crippen LogP contribution in [0.25, 0.3) is 0 Å². The Morgan fingerprint density at radius 2 is 1.94 bits per heavy atom. The number of aryl methyl sites for hydroxylation is 2. The van der Waals surface area contributed by atoms with Crippen molar-refractivity contribution < 1.29 is 4.74 Å². The molecule has 4 heteroatoms. The Labute approximate surface area is 94.6 Å². The summed E-state index contributed by atoms with van der Waals surface area (Å²) < 4.78 is 7.32. The largest absolute Gasteiger partial charge is 0.471 e. The number of nitrogens with two attached hydrogens (primary N) is 1. The van der Waals surface area contributed by atoms with Crippen LogP contribution < -0.4 is 10.5 Å². The van der Waals surface area contributed by atoms with Crippen molar-refractivity contribution in [1.29, 1.82) is 0 Å². The van der Waals surface area contributed by atoms with Gasteiger partial charge >= 0.3 is 0 Å². The normalized spacial score (nSPS) is 10.4. The predicted molar refractivity (Wildman–Crippen MR) is 63.2 cm³/mol. The molecule has 84 valence electrons. The van der Waals surface area contributed by atoms with E-state index in [2.05, 4.69) is 5.10 Å². The molecule has 0 aliphatic heterocycles. The zero-order chi connectivity index (χ0) is 11.5. The predicted octanol–water partition coefficient (Wildman–Crippen LogP) is 2.12. The summed E-state index contributed by atoms with van der Waals surface area (Å²) in [6.07, 6.45) is 0. The van der Waals surface area contributed by atoms with Crippen molar-refractivity contribution in [3.63, 3.8) is 0 Å². The summed E-state index contributed by atoms with van der Waals surface area (Å²) in [7, 11) is 0. The summed E-state index contributed by atoms with van der Waals surface area (Å²) in [6, 6.07) is 9.73. The molecule has 2 rings (SSSR count). The number of benzene rings is 1. The minimum Gasteiger partial charge on any atom is -0.471 e. The van der Waals surface area contributed by atoms with Crippen LogP contribution in [0, 0.1) is 13.8 Å². The molecule has 1 aromatic heterocycles. The number of anilines is 1. The Balaban J connectivity index is 2.02. The summed E-state index contributed by atoms with van der Waals surface area (Å²) in [5, 5.41) is 4.11. The zero-order valence-electron chi connectivity index (χ0n) is 9.47. The Morgan fingerprint density at radius 1 is 1.25 bits per heavy atom. The molecule has 0 spiro atoms. The number of hydrogen-bond acceptors (Lipinski definition) is 3. The van der Waals surface area contributed by atoms with Gasteiger partial charge in [-0.1, -0.05) is 17.7 Å². The summed E-state index contributed by atoms with van der Waals surface area (Å²) >= 11 is 0. The van der Waals surface area contributed by atoms with Crippen molar-refractivity contribution in [2.24, 2.45) is 0 Å². The summed E-state index contributed by atoms with van der Waals surface area (Å²) in [4.78, 5) is 0. The summed E-state index contributed by atoms with van der Waals surface area (Å²) in [5.41, 5.74) is 7.79. The van der Waals surface area contributed by atoms with E-state index in [9.17, 15) is 0 Å². The van der Waals surface area contributed by atoms with Crippen LogP contribution in [0.1, 0.15) is 11.3 Å². The van der Waals surface area contributed by atoms with Gasteiger partial charge in [0.1, 0.15) is 11.6 Å². The highest BCUT2D eigenvalue weighted by Gasteiger charge is 2.01. The molecule has 0 saturated heterocycles. The molecule has 0 aliphatic carbocycles. The van der Waals surface area contributed by atoms with Crippen molar-refractivity contribution in [3.8, 4) is 5.75 Å². The van der Waals surface area contributed by atoms with E-state index in [0.717, 1.165) is 11.4 Å². The third-order valence-electron chi connectivity index (χ3n) is 2.37. The molecular weight excluding hydrogens is 202 g/mol. The molecule has 1 heterocycles. The van der Waals surface area contributed by atoms with Crippen molar-refractivity contribution in [2.45, 2.75) is 20.6 Å². The maximum Gasteiger partial charge on any atom is 0.181 e. The van der Waals surface area contributed by atoms with E-state index in [4.69, 9.17) is 10.5 Å². The molecule has 0 amide bonds.